The Morgan fingerprint density at radius 1 is 1.00 bits per heavy atom. The van der Waals surface area contributed by atoms with Crippen LogP contribution in [0.25, 0.3) is 0 Å². The van der Waals surface area contributed by atoms with Gasteiger partial charge in [0.25, 0.3) is 5.56 Å². The van der Waals surface area contributed by atoms with E-state index in [4.69, 9.17) is 0 Å². The summed E-state index contributed by atoms with van der Waals surface area (Å²) in [5, 5.41) is 2.90. The first-order chi connectivity index (χ1) is 14.5. The highest BCUT2D eigenvalue weighted by Crippen LogP contribution is 2.26. The highest BCUT2D eigenvalue weighted by atomic mass is 16.2. The third kappa shape index (κ3) is 4.33. The number of carbonyl (C=O) groups is 2. The maximum absolute atomic E-state index is 12.7. The molecule has 2 amide bonds. The Morgan fingerprint density at radius 3 is 2.43 bits per heavy atom. The van der Waals surface area contributed by atoms with Crippen molar-refractivity contribution in [3.8, 4) is 0 Å². The molecule has 0 radical (unpaired) electrons. The van der Waals surface area contributed by atoms with Gasteiger partial charge < -0.3 is 14.8 Å². The summed E-state index contributed by atoms with van der Waals surface area (Å²) in [7, 11) is 0. The molecule has 4 rings (SSSR count). The van der Waals surface area contributed by atoms with E-state index in [2.05, 4.69) is 5.32 Å². The number of aryl methyl sites for hydroxylation is 1. The molecule has 2 heterocycles. The fraction of sp³-hybridized carbons (Fsp3) is 0.208. The van der Waals surface area contributed by atoms with E-state index >= 15 is 0 Å². The highest BCUT2D eigenvalue weighted by molar-refractivity contribution is 6.03. The molecule has 1 fully saturated rings. The zero-order valence-corrected chi connectivity index (χ0v) is 16.7. The first kappa shape index (κ1) is 19.6. The minimum Gasteiger partial charge on any atom is -0.326 e. The van der Waals surface area contributed by atoms with Crippen molar-refractivity contribution in [2.45, 2.75) is 19.9 Å². The lowest BCUT2D eigenvalue weighted by Gasteiger charge is -2.17. The second kappa shape index (κ2) is 8.37. The summed E-state index contributed by atoms with van der Waals surface area (Å²) in [6, 6.07) is 20.2. The van der Waals surface area contributed by atoms with Crippen LogP contribution in [-0.2, 0) is 16.1 Å². The van der Waals surface area contributed by atoms with Gasteiger partial charge >= 0.3 is 0 Å². The minimum absolute atomic E-state index is 0.0392. The molecule has 0 saturated carbocycles. The number of nitrogens with one attached hydrogen (secondary N) is 1. The lowest BCUT2D eigenvalue weighted by Crippen LogP contribution is -2.28. The van der Waals surface area contributed by atoms with Gasteiger partial charge in [-0.05, 0) is 42.8 Å². The van der Waals surface area contributed by atoms with Crippen LogP contribution >= 0.6 is 0 Å². The van der Waals surface area contributed by atoms with Crippen molar-refractivity contribution in [2.24, 2.45) is 5.92 Å². The molecule has 0 aliphatic carbocycles. The molecule has 6 heteroatoms. The van der Waals surface area contributed by atoms with Crippen LogP contribution < -0.4 is 15.8 Å². The minimum atomic E-state index is -0.388. The number of amides is 2. The van der Waals surface area contributed by atoms with Gasteiger partial charge in [-0.3, -0.25) is 14.4 Å². The Bertz CT molecular complexity index is 1120. The Morgan fingerprint density at radius 2 is 1.73 bits per heavy atom. The van der Waals surface area contributed by atoms with Crippen molar-refractivity contribution in [1.82, 2.24) is 4.57 Å². The predicted octanol–water partition coefficient (Wildman–Crippen LogP) is 3.20. The summed E-state index contributed by atoms with van der Waals surface area (Å²) >= 11 is 0. The van der Waals surface area contributed by atoms with Gasteiger partial charge in [0, 0.05) is 36.6 Å². The molecular weight excluding hydrogens is 378 g/mol. The van der Waals surface area contributed by atoms with Crippen molar-refractivity contribution in [3.63, 3.8) is 0 Å². The van der Waals surface area contributed by atoms with Gasteiger partial charge in [-0.2, -0.15) is 0 Å². The Balaban J connectivity index is 1.38. The van der Waals surface area contributed by atoms with E-state index in [-0.39, 0.29) is 29.7 Å². The zero-order valence-electron chi connectivity index (χ0n) is 16.7. The molecule has 1 aliphatic rings. The molecule has 30 heavy (non-hydrogen) atoms. The van der Waals surface area contributed by atoms with Gasteiger partial charge in [0.15, 0.2) is 0 Å². The van der Waals surface area contributed by atoms with Crippen molar-refractivity contribution in [2.75, 3.05) is 16.8 Å². The second-order valence-electron chi connectivity index (χ2n) is 7.59. The number of hydrogen-bond acceptors (Lipinski definition) is 3. The summed E-state index contributed by atoms with van der Waals surface area (Å²) in [6.45, 7) is 2.84. The smallest absolute Gasteiger partial charge is 0.250 e. The summed E-state index contributed by atoms with van der Waals surface area (Å²) < 4.78 is 1.62. The van der Waals surface area contributed by atoms with Crippen LogP contribution in [0.5, 0.6) is 0 Å². The maximum Gasteiger partial charge on any atom is 0.250 e. The molecule has 3 aromatic rings. The Labute approximate surface area is 174 Å². The van der Waals surface area contributed by atoms with Crippen LogP contribution in [0.3, 0.4) is 0 Å². The maximum atomic E-state index is 12.7. The molecule has 1 atom stereocenters. The number of benzene rings is 2. The van der Waals surface area contributed by atoms with Gasteiger partial charge in [-0.1, -0.05) is 35.9 Å². The molecule has 0 bridgehead atoms. The molecule has 1 aromatic heterocycles. The molecule has 152 valence electrons. The van der Waals surface area contributed by atoms with Crippen molar-refractivity contribution < 1.29 is 9.59 Å². The van der Waals surface area contributed by atoms with Crippen LogP contribution in [-0.4, -0.2) is 22.9 Å². The fourth-order valence-electron chi connectivity index (χ4n) is 3.58. The van der Waals surface area contributed by atoms with Crippen molar-refractivity contribution in [3.05, 3.63) is 94.4 Å². The lowest BCUT2D eigenvalue weighted by atomic mass is 10.1. The summed E-state index contributed by atoms with van der Waals surface area (Å²) in [6.07, 6.45) is 1.95. The number of pyridine rings is 1. The fourth-order valence-corrected chi connectivity index (χ4v) is 3.58. The van der Waals surface area contributed by atoms with E-state index in [1.165, 1.54) is 6.07 Å². The second-order valence-corrected chi connectivity index (χ2v) is 7.59. The van der Waals surface area contributed by atoms with Gasteiger partial charge in [-0.25, -0.2) is 0 Å². The zero-order chi connectivity index (χ0) is 21.1. The lowest BCUT2D eigenvalue weighted by molar-refractivity contribution is -0.122. The molecular formula is C24H23N3O3. The topological polar surface area (TPSA) is 71.4 Å². The number of nitrogens with zero attached hydrogens (tertiary/aromatic N) is 2. The molecule has 1 saturated heterocycles. The predicted molar refractivity (Wildman–Crippen MR) is 117 cm³/mol. The van der Waals surface area contributed by atoms with Crippen LogP contribution in [0.15, 0.2) is 77.7 Å². The monoisotopic (exact) mass is 401 g/mol. The average Bonchev–Trinajstić information content (AvgIpc) is 3.13. The number of anilines is 2. The van der Waals surface area contributed by atoms with Crippen molar-refractivity contribution in [1.29, 1.82) is 0 Å². The van der Waals surface area contributed by atoms with Crippen LogP contribution in [0, 0.1) is 12.8 Å². The van der Waals surface area contributed by atoms with Crippen molar-refractivity contribution >= 4 is 23.2 Å². The first-order valence-electron chi connectivity index (χ1n) is 9.92. The summed E-state index contributed by atoms with van der Waals surface area (Å²) in [4.78, 5) is 38.6. The van der Waals surface area contributed by atoms with E-state index < -0.39 is 0 Å². The largest absolute Gasteiger partial charge is 0.326 e. The van der Waals surface area contributed by atoms with Crippen LogP contribution in [0.4, 0.5) is 11.4 Å². The van der Waals surface area contributed by atoms with E-state index in [0.29, 0.717) is 18.8 Å². The average molecular weight is 401 g/mol. The van der Waals surface area contributed by atoms with E-state index in [1.807, 2.05) is 61.5 Å². The number of hydrogen-bond donors (Lipinski definition) is 1. The molecule has 6 nitrogen and oxygen atoms in total. The van der Waals surface area contributed by atoms with Crippen LogP contribution in [0.2, 0.25) is 0 Å². The summed E-state index contributed by atoms with van der Waals surface area (Å²) in [5.74, 6) is -0.589. The highest BCUT2D eigenvalue weighted by Gasteiger charge is 2.35. The SMILES string of the molecule is Cc1ccc(N2CC(C(=O)Nc3ccc(Cn4ccccc4=O)cc3)CC2=O)cc1. The van der Waals surface area contributed by atoms with E-state index in [1.54, 1.807) is 21.7 Å². The third-order valence-electron chi connectivity index (χ3n) is 5.31. The van der Waals surface area contributed by atoms with Gasteiger partial charge in [-0.15, -0.1) is 0 Å². The standard InChI is InChI=1S/C24H23N3O3/c1-17-5-11-21(12-6-17)27-16-19(14-23(27)29)24(30)25-20-9-7-18(8-10-20)15-26-13-3-2-4-22(26)28/h2-13,19H,14-16H2,1H3,(H,25,30). The number of aromatic nitrogens is 1. The first-order valence-corrected chi connectivity index (χ1v) is 9.92. The molecule has 1 aliphatic heterocycles. The van der Waals surface area contributed by atoms with Gasteiger partial charge in [0.2, 0.25) is 11.8 Å². The molecule has 0 spiro atoms. The van der Waals surface area contributed by atoms with Gasteiger partial charge in [0.05, 0.1) is 12.5 Å². The van der Waals surface area contributed by atoms with E-state index in [9.17, 15) is 14.4 Å². The Kier molecular flexibility index (Phi) is 5.48. The number of carbonyl (C=O) groups excluding carboxylic acids is 2. The summed E-state index contributed by atoms with van der Waals surface area (Å²) in [5.41, 5.74) is 3.52. The molecule has 1 N–H and O–H groups in total. The quantitative estimate of drug-likeness (QED) is 0.714. The normalized spacial score (nSPS) is 16.0. The molecule has 2 aromatic carbocycles. The Hall–Kier alpha value is -3.67. The number of rotatable bonds is 5. The van der Waals surface area contributed by atoms with E-state index in [0.717, 1.165) is 16.8 Å². The van der Waals surface area contributed by atoms with Gasteiger partial charge in [0.1, 0.15) is 0 Å². The molecule has 1 unspecified atom stereocenters. The van der Waals surface area contributed by atoms with Crippen LogP contribution in [0.1, 0.15) is 17.5 Å². The third-order valence-corrected chi connectivity index (χ3v) is 5.31.